The molecule has 146 valence electrons. The fourth-order valence-corrected chi connectivity index (χ4v) is 4.12. The Kier molecular flexibility index (Phi) is 5.55. The standard InChI is InChI=1S/C22H24ClN3O2/c1-28-21-7-3-2-6-17(21)20(26-10-4-5-11-26)14-24-22(27)19-13-15-12-16(23)8-9-18(15)25-19/h2-3,6-9,12-13,20,25H,4-5,10-11,14H2,1H3,(H,24,27). The molecule has 2 heterocycles. The lowest BCUT2D eigenvalue weighted by Gasteiger charge is -2.29. The van der Waals surface area contributed by atoms with E-state index < -0.39 is 0 Å². The van der Waals surface area contributed by atoms with E-state index in [9.17, 15) is 4.79 Å². The first-order valence-corrected chi connectivity index (χ1v) is 9.97. The molecule has 6 heteroatoms. The molecule has 1 fully saturated rings. The highest BCUT2D eigenvalue weighted by Gasteiger charge is 2.26. The number of H-pyrrole nitrogens is 1. The van der Waals surface area contributed by atoms with Crippen LogP contribution in [0.2, 0.25) is 5.02 Å². The van der Waals surface area contributed by atoms with Gasteiger partial charge in [-0.2, -0.15) is 0 Å². The van der Waals surface area contributed by atoms with Crippen molar-refractivity contribution in [1.82, 2.24) is 15.2 Å². The van der Waals surface area contributed by atoms with Crippen LogP contribution in [0.15, 0.2) is 48.5 Å². The highest BCUT2D eigenvalue weighted by molar-refractivity contribution is 6.31. The van der Waals surface area contributed by atoms with Crippen LogP contribution < -0.4 is 10.1 Å². The second-order valence-electron chi connectivity index (χ2n) is 7.13. The van der Waals surface area contributed by atoms with Gasteiger partial charge in [0.25, 0.3) is 5.91 Å². The summed E-state index contributed by atoms with van der Waals surface area (Å²) in [7, 11) is 1.69. The summed E-state index contributed by atoms with van der Waals surface area (Å²) in [5, 5.41) is 4.69. The van der Waals surface area contributed by atoms with E-state index in [1.807, 2.05) is 42.5 Å². The number of para-hydroxylation sites is 1. The van der Waals surface area contributed by atoms with E-state index in [0.29, 0.717) is 17.3 Å². The molecule has 1 aliphatic heterocycles. The number of nitrogens with one attached hydrogen (secondary N) is 2. The first-order chi connectivity index (χ1) is 13.7. The lowest BCUT2D eigenvalue weighted by Crippen LogP contribution is -2.37. The second-order valence-corrected chi connectivity index (χ2v) is 7.56. The number of methoxy groups -OCH3 is 1. The Balaban J connectivity index is 1.54. The van der Waals surface area contributed by atoms with Gasteiger partial charge in [0.1, 0.15) is 11.4 Å². The summed E-state index contributed by atoms with van der Waals surface area (Å²) in [5.41, 5.74) is 2.54. The van der Waals surface area contributed by atoms with Crippen LogP contribution in [-0.4, -0.2) is 42.5 Å². The first-order valence-electron chi connectivity index (χ1n) is 9.59. The number of hydrogen-bond acceptors (Lipinski definition) is 3. The van der Waals surface area contributed by atoms with Gasteiger partial charge in [-0.15, -0.1) is 0 Å². The molecule has 1 atom stereocenters. The molecule has 0 spiro atoms. The smallest absolute Gasteiger partial charge is 0.267 e. The van der Waals surface area contributed by atoms with Gasteiger partial charge in [0.15, 0.2) is 0 Å². The van der Waals surface area contributed by atoms with Crippen LogP contribution in [-0.2, 0) is 0 Å². The number of aromatic amines is 1. The molecule has 0 saturated carbocycles. The number of amides is 1. The monoisotopic (exact) mass is 397 g/mol. The van der Waals surface area contributed by atoms with Crippen molar-refractivity contribution in [2.24, 2.45) is 0 Å². The summed E-state index contributed by atoms with van der Waals surface area (Å²) in [5.74, 6) is 0.736. The van der Waals surface area contributed by atoms with Crippen molar-refractivity contribution in [3.63, 3.8) is 0 Å². The molecule has 4 rings (SSSR count). The molecule has 0 radical (unpaired) electrons. The summed E-state index contributed by atoms with van der Waals surface area (Å²) < 4.78 is 5.57. The summed E-state index contributed by atoms with van der Waals surface area (Å²) in [4.78, 5) is 18.4. The van der Waals surface area contributed by atoms with Crippen LogP contribution in [0.1, 0.15) is 34.9 Å². The molecule has 2 N–H and O–H groups in total. The molecular weight excluding hydrogens is 374 g/mol. The van der Waals surface area contributed by atoms with Crippen molar-refractivity contribution in [3.05, 3.63) is 64.8 Å². The predicted molar refractivity (Wildman–Crippen MR) is 112 cm³/mol. The molecule has 0 bridgehead atoms. The zero-order valence-electron chi connectivity index (χ0n) is 15.9. The fourth-order valence-electron chi connectivity index (χ4n) is 3.94. The quantitative estimate of drug-likeness (QED) is 0.648. The Hall–Kier alpha value is -2.50. The zero-order chi connectivity index (χ0) is 19.5. The molecule has 1 saturated heterocycles. The maximum atomic E-state index is 12.8. The van der Waals surface area contributed by atoms with Crippen molar-refractivity contribution in [1.29, 1.82) is 0 Å². The minimum Gasteiger partial charge on any atom is -0.496 e. The van der Waals surface area contributed by atoms with E-state index in [0.717, 1.165) is 35.3 Å². The Bertz CT molecular complexity index is 979. The molecule has 1 unspecified atom stereocenters. The van der Waals surface area contributed by atoms with Crippen molar-refractivity contribution < 1.29 is 9.53 Å². The van der Waals surface area contributed by atoms with Crippen molar-refractivity contribution in [2.75, 3.05) is 26.7 Å². The number of likely N-dealkylation sites (tertiary alicyclic amines) is 1. The molecule has 1 aromatic heterocycles. The molecule has 3 aromatic rings. The van der Waals surface area contributed by atoms with Gasteiger partial charge in [0.05, 0.1) is 13.2 Å². The first kappa shape index (κ1) is 18.8. The third-order valence-corrected chi connectivity index (χ3v) is 5.60. The number of ether oxygens (including phenoxy) is 1. The van der Waals surface area contributed by atoms with E-state index in [1.165, 1.54) is 12.8 Å². The summed E-state index contributed by atoms with van der Waals surface area (Å²) in [6.07, 6.45) is 2.37. The van der Waals surface area contributed by atoms with Gasteiger partial charge in [0.2, 0.25) is 0 Å². The van der Waals surface area contributed by atoms with Gasteiger partial charge in [-0.3, -0.25) is 9.69 Å². The third-order valence-electron chi connectivity index (χ3n) is 5.36. The normalized spacial score (nSPS) is 15.6. The van der Waals surface area contributed by atoms with Crippen LogP contribution in [0.4, 0.5) is 0 Å². The van der Waals surface area contributed by atoms with E-state index in [4.69, 9.17) is 16.3 Å². The number of nitrogens with zero attached hydrogens (tertiary/aromatic N) is 1. The largest absolute Gasteiger partial charge is 0.496 e. The number of fused-ring (bicyclic) bond motifs is 1. The molecule has 1 amide bonds. The Morgan fingerprint density at radius 1 is 1.21 bits per heavy atom. The van der Waals surface area contributed by atoms with E-state index in [1.54, 1.807) is 7.11 Å². The van der Waals surface area contributed by atoms with Crippen molar-refractivity contribution in [3.8, 4) is 5.75 Å². The van der Waals surface area contributed by atoms with Gasteiger partial charge in [0, 0.05) is 28.0 Å². The third kappa shape index (κ3) is 3.86. The fraction of sp³-hybridized carbons (Fsp3) is 0.318. The number of aromatic nitrogens is 1. The van der Waals surface area contributed by atoms with Crippen LogP contribution >= 0.6 is 11.6 Å². The highest BCUT2D eigenvalue weighted by Crippen LogP contribution is 2.31. The van der Waals surface area contributed by atoms with Crippen LogP contribution in [0.3, 0.4) is 0 Å². The summed E-state index contributed by atoms with van der Waals surface area (Å²) in [6.45, 7) is 2.59. The number of benzene rings is 2. The van der Waals surface area contributed by atoms with Gasteiger partial charge >= 0.3 is 0 Å². The average Bonchev–Trinajstić information content (AvgIpc) is 3.38. The molecular formula is C22H24ClN3O2. The lowest BCUT2D eigenvalue weighted by atomic mass is 10.0. The minimum absolute atomic E-state index is 0.0847. The minimum atomic E-state index is -0.119. The molecule has 2 aromatic carbocycles. The molecule has 1 aliphatic rings. The van der Waals surface area contributed by atoms with Crippen molar-refractivity contribution >= 4 is 28.4 Å². The van der Waals surface area contributed by atoms with Gasteiger partial charge in [-0.05, 0) is 56.3 Å². The van der Waals surface area contributed by atoms with E-state index in [2.05, 4.69) is 21.3 Å². The van der Waals surface area contributed by atoms with E-state index >= 15 is 0 Å². The summed E-state index contributed by atoms with van der Waals surface area (Å²) in [6, 6.07) is 15.5. The average molecular weight is 398 g/mol. The number of hydrogen-bond donors (Lipinski definition) is 2. The molecule has 5 nitrogen and oxygen atoms in total. The number of halogens is 1. The SMILES string of the molecule is COc1ccccc1C(CNC(=O)c1cc2cc(Cl)ccc2[nH]1)N1CCCC1. The maximum absolute atomic E-state index is 12.8. The number of rotatable bonds is 6. The Morgan fingerprint density at radius 2 is 2.00 bits per heavy atom. The Labute approximate surface area is 169 Å². The lowest BCUT2D eigenvalue weighted by molar-refractivity contribution is 0.0933. The summed E-state index contributed by atoms with van der Waals surface area (Å²) >= 11 is 6.05. The Morgan fingerprint density at radius 3 is 2.79 bits per heavy atom. The van der Waals surface area contributed by atoms with Crippen molar-refractivity contribution in [2.45, 2.75) is 18.9 Å². The topological polar surface area (TPSA) is 57.4 Å². The van der Waals surface area contributed by atoms with Crippen LogP contribution in [0, 0.1) is 0 Å². The van der Waals surface area contributed by atoms with Gasteiger partial charge in [-0.25, -0.2) is 0 Å². The van der Waals surface area contributed by atoms with Crippen LogP contribution in [0.25, 0.3) is 10.9 Å². The molecule has 28 heavy (non-hydrogen) atoms. The van der Waals surface area contributed by atoms with Gasteiger partial charge < -0.3 is 15.0 Å². The van der Waals surface area contributed by atoms with Crippen LogP contribution in [0.5, 0.6) is 5.75 Å². The van der Waals surface area contributed by atoms with E-state index in [-0.39, 0.29) is 11.9 Å². The maximum Gasteiger partial charge on any atom is 0.267 e. The second kappa shape index (κ2) is 8.25. The predicted octanol–water partition coefficient (Wildman–Crippen LogP) is 4.40. The van der Waals surface area contributed by atoms with Gasteiger partial charge in [-0.1, -0.05) is 29.8 Å². The molecule has 0 aliphatic carbocycles. The zero-order valence-corrected chi connectivity index (χ0v) is 16.6. The number of carbonyl (C=O) groups is 1. The highest BCUT2D eigenvalue weighted by atomic mass is 35.5. The number of carbonyl (C=O) groups excluding carboxylic acids is 1.